The number of ether oxygens (including phenoxy) is 1. The maximum atomic E-state index is 14.7. The summed E-state index contributed by atoms with van der Waals surface area (Å²) in [4.78, 5) is 11.7. The smallest absolute Gasteiger partial charge is 0.312 e. The van der Waals surface area contributed by atoms with Crippen LogP contribution in [0.4, 0.5) is 4.39 Å². The average molecular weight is 230 g/mol. The molecule has 2 nitrogen and oxygen atoms in total. The van der Waals surface area contributed by atoms with Gasteiger partial charge in [0.1, 0.15) is 5.67 Å². The van der Waals surface area contributed by atoms with Crippen molar-refractivity contribution in [3.05, 3.63) is 0 Å². The summed E-state index contributed by atoms with van der Waals surface area (Å²) in [6.45, 7) is 4.16. The zero-order valence-corrected chi connectivity index (χ0v) is 10.4. The lowest BCUT2D eigenvalue weighted by atomic mass is 9.74. The number of rotatable bonds is 5. The molecule has 3 heteroatoms. The highest BCUT2D eigenvalue weighted by molar-refractivity contribution is 5.74. The summed E-state index contributed by atoms with van der Waals surface area (Å²) in [5, 5.41) is 0. The molecule has 1 saturated carbocycles. The number of unbranched alkanes of at least 4 members (excludes halogenated alkanes) is 1. The number of hydrogen-bond acceptors (Lipinski definition) is 2. The second-order valence-corrected chi connectivity index (χ2v) is 4.69. The standard InChI is InChI=1S/C13H23FO2/c1-3-5-9-13(14)10-7-6-8-11(13)12(15)16-4-2/h11H,3-10H2,1-2H3/t11-,13+/m0/s1. The predicted molar refractivity (Wildman–Crippen MR) is 62.0 cm³/mol. The van der Waals surface area contributed by atoms with Crippen molar-refractivity contribution in [3.8, 4) is 0 Å². The highest BCUT2D eigenvalue weighted by atomic mass is 19.1. The molecule has 0 aromatic rings. The fraction of sp³-hybridized carbons (Fsp3) is 0.923. The first-order chi connectivity index (χ1) is 7.64. The number of carbonyl (C=O) groups excluding carboxylic acids is 1. The minimum atomic E-state index is -1.31. The summed E-state index contributed by atoms with van der Waals surface area (Å²) in [6, 6.07) is 0. The van der Waals surface area contributed by atoms with Gasteiger partial charge < -0.3 is 4.74 Å². The van der Waals surface area contributed by atoms with E-state index in [1.807, 2.05) is 6.92 Å². The first-order valence-corrected chi connectivity index (χ1v) is 6.49. The molecule has 94 valence electrons. The minimum Gasteiger partial charge on any atom is -0.466 e. The molecule has 0 N–H and O–H groups in total. The maximum absolute atomic E-state index is 14.7. The maximum Gasteiger partial charge on any atom is 0.312 e. The Morgan fingerprint density at radius 2 is 2.19 bits per heavy atom. The van der Waals surface area contributed by atoms with Gasteiger partial charge >= 0.3 is 5.97 Å². The van der Waals surface area contributed by atoms with Gasteiger partial charge in [0.15, 0.2) is 0 Å². The Morgan fingerprint density at radius 1 is 1.44 bits per heavy atom. The van der Waals surface area contributed by atoms with Gasteiger partial charge in [-0.15, -0.1) is 0 Å². The number of carbonyl (C=O) groups is 1. The van der Waals surface area contributed by atoms with Gasteiger partial charge in [0.05, 0.1) is 12.5 Å². The van der Waals surface area contributed by atoms with E-state index in [2.05, 4.69) is 0 Å². The molecule has 0 spiro atoms. The highest BCUT2D eigenvalue weighted by Crippen LogP contribution is 2.41. The molecule has 1 aliphatic carbocycles. The van der Waals surface area contributed by atoms with Gasteiger partial charge in [0.25, 0.3) is 0 Å². The molecule has 0 saturated heterocycles. The molecular formula is C13H23FO2. The highest BCUT2D eigenvalue weighted by Gasteiger charge is 2.45. The van der Waals surface area contributed by atoms with Crippen LogP contribution >= 0.6 is 0 Å². The summed E-state index contributed by atoms with van der Waals surface area (Å²) >= 11 is 0. The molecule has 0 heterocycles. The van der Waals surface area contributed by atoms with Crippen molar-refractivity contribution in [2.45, 2.75) is 64.5 Å². The van der Waals surface area contributed by atoms with Gasteiger partial charge in [-0.05, 0) is 26.2 Å². The second kappa shape index (κ2) is 6.21. The first-order valence-electron chi connectivity index (χ1n) is 6.49. The molecular weight excluding hydrogens is 207 g/mol. The van der Waals surface area contributed by atoms with E-state index >= 15 is 0 Å². The molecule has 0 radical (unpaired) electrons. The summed E-state index contributed by atoms with van der Waals surface area (Å²) in [5.74, 6) is -0.853. The Hall–Kier alpha value is -0.600. The minimum absolute atomic E-state index is 0.333. The van der Waals surface area contributed by atoms with Gasteiger partial charge in [-0.2, -0.15) is 0 Å². The van der Waals surface area contributed by atoms with Crippen LogP contribution in [0.3, 0.4) is 0 Å². The van der Waals surface area contributed by atoms with E-state index in [9.17, 15) is 9.18 Å². The molecule has 0 aromatic carbocycles. The Morgan fingerprint density at radius 3 is 2.81 bits per heavy atom. The van der Waals surface area contributed by atoms with Crippen LogP contribution in [0.25, 0.3) is 0 Å². The third-order valence-electron chi connectivity index (χ3n) is 3.48. The van der Waals surface area contributed by atoms with Crippen LogP contribution in [-0.2, 0) is 9.53 Å². The van der Waals surface area contributed by atoms with E-state index < -0.39 is 11.6 Å². The monoisotopic (exact) mass is 230 g/mol. The topological polar surface area (TPSA) is 26.3 Å². The zero-order chi connectivity index (χ0) is 12.0. The Labute approximate surface area is 97.6 Å². The molecule has 1 fully saturated rings. The van der Waals surface area contributed by atoms with Crippen molar-refractivity contribution in [1.29, 1.82) is 0 Å². The number of halogens is 1. The lowest BCUT2D eigenvalue weighted by Crippen LogP contribution is -2.42. The normalized spacial score (nSPS) is 30.1. The van der Waals surface area contributed by atoms with Gasteiger partial charge in [0, 0.05) is 0 Å². The third-order valence-corrected chi connectivity index (χ3v) is 3.48. The fourth-order valence-corrected chi connectivity index (χ4v) is 2.54. The van der Waals surface area contributed by atoms with Crippen LogP contribution in [0.1, 0.15) is 58.8 Å². The molecule has 0 aromatic heterocycles. The Balaban J connectivity index is 2.65. The summed E-state index contributed by atoms with van der Waals surface area (Å²) in [7, 11) is 0. The Bertz CT molecular complexity index is 230. The van der Waals surface area contributed by atoms with Crippen LogP contribution in [0, 0.1) is 5.92 Å². The van der Waals surface area contributed by atoms with E-state index in [0.717, 1.165) is 25.7 Å². The SMILES string of the molecule is CCCC[C@@]1(F)CCCC[C@H]1C(=O)OCC. The molecule has 0 bridgehead atoms. The first kappa shape index (κ1) is 13.5. The molecule has 0 unspecified atom stereocenters. The number of hydrogen-bond donors (Lipinski definition) is 0. The fourth-order valence-electron chi connectivity index (χ4n) is 2.54. The van der Waals surface area contributed by atoms with Gasteiger partial charge in [-0.1, -0.05) is 32.6 Å². The van der Waals surface area contributed by atoms with E-state index in [4.69, 9.17) is 4.74 Å². The summed E-state index contributed by atoms with van der Waals surface area (Å²) < 4.78 is 19.7. The molecule has 1 rings (SSSR count). The van der Waals surface area contributed by atoms with Crippen LogP contribution in [0.15, 0.2) is 0 Å². The average Bonchev–Trinajstić information content (AvgIpc) is 2.27. The second-order valence-electron chi connectivity index (χ2n) is 4.69. The van der Waals surface area contributed by atoms with Crippen LogP contribution in [0.2, 0.25) is 0 Å². The van der Waals surface area contributed by atoms with E-state index in [1.54, 1.807) is 6.92 Å². The van der Waals surface area contributed by atoms with Crippen molar-refractivity contribution in [1.82, 2.24) is 0 Å². The third kappa shape index (κ3) is 3.19. The number of alkyl halides is 1. The van der Waals surface area contributed by atoms with Crippen LogP contribution in [-0.4, -0.2) is 18.2 Å². The summed E-state index contributed by atoms with van der Waals surface area (Å²) in [5.41, 5.74) is -1.31. The van der Waals surface area contributed by atoms with Gasteiger partial charge in [-0.3, -0.25) is 4.79 Å². The van der Waals surface area contributed by atoms with Crippen LogP contribution in [0.5, 0.6) is 0 Å². The van der Waals surface area contributed by atoms with Crippen molar-refractivity contribution in [2.24, 2.45) is 5.92 Å². The molecule has 1 aliphatic rings. The summed E-state index contributed by atoms with van der Waals surface area (Å²) in [6.07, 6.45) is 5.35. The Kier molecular flexibility index (Phi) is 5.23. The van der Waals surface area contributed by atoms with Crippen molar-refractivity contribution in [2.75, 3.05) is 6.61 Å². The molecule has 0 aliphatic heterocycles. The van der Waals surface area contributed by atoms with Crippen molar-refractivity contribution >= 4 is 5.97 Å². The quantitative estimate of drug-likeness (QED) is 0.674. The van der Waals surface area contributed by atoms with Crippen molar-refractivity contribution < 1.29 is 13.9 Å². The molecule has 2 atom stereocenters. The van der Waals surface area contributed by atoms with E-state index in [-0.39, 0.29) is 5.97 Å². The predicted octanol–water partition coefficient (Wildman–Crippen LogP) is 3.64. The van der Waals surface area contributed by atoms with Crippen molar-refractivity contribution in [3.63, 3.8) is 0 Å². The van der Waals surface area contributed by atoms with Gasteiger partial charge in [0.2, 0.25) is 0 Å². The number of esters is 1. The molecule has 0 amide bonds. The largest absolute Gasteiger partial charge is 0.466 e. The zero-order valence-electron chi connectivity index (χ0n) is 10.4. The van der Waals surface area contributed by atoms with Gasteiger partial charge in [-0.25, -0.2) is 4.39 Å². The van der Waals surface area contributed by atoms with E-state index in [0.29, 0.717) is 25.9 Å². The van der Waals surface area contributed by atoms with Crippen LogP contribution < -0.4 is 0 Å². The molecule has 16 heavy (non-hydrogen) atoms. The lowest BCUT2D eigenvalue weighted by Gasteiger charge is -2.36. The lowest BCUT2D eigenvalue weighted by molar-refractivity contribution is -0.156. The van der Waals surface area contributed by atoms with E-state index in [1.165, 1.54) is 0 Å².